The van der Waals surface area contributed by atoms with Gasteiger partial charge in [-0.1, -0.05) is 16.9 Å². The largest absolute Gasteiger partial charge is 0.346 e. The Bertz CT molecular complexity index is 979. The molecule has 9 heteroatoms. The van der Waals surface area contributed by atoms with Crippen LogP contribution in [0, 0.1) is 13.8 Å². The minimum absolute atomic E-state index is 0.142. The van der Waals surface area contributed by atoms with E-state index in [4.69, 9.17) is 4.52 Å². The molecule has 3 aromatic heterocycles. The number of H-pyrrole nitrogens is 1. The Morgan fingerprint density at radius 1 is 1.33 bits per heavy atom. The minimum Gasteiger partial charge on any atom is -0.346 e. The van der Waals surface area contributed by atoms with E-state index in [2.05, 4.69) is 25.4 Å². The third-order valence-electron chi connectivity index (χ3n) is 3.39. The Morgan fingerprint density at radius 3 is 2.88 bits per heavy atom. The number of rotatable bonds is 4. The minimum atomic E-state index is -0.301. The van der Waals surface area contributed by atoms with Crippen LogP contribution in [0.2, 0.25) is 0 Å². The standard InChI is InChI=1S/C15H15N5O3S/c1-7-4-10(12-8(2)20-23-14(12)17-7)13(22)16-6-9-5-11(21)19-15(18-9)24-3/h4-5H,6H2,1-3H3,(H,16,22)(H,18,19,21). The number of nitrogens with one attached hydrogen (secondary N) is 2. The Balaban J connectivity index is 1.87. The molecule has 0 aliphatic rings. The Hall–Kier alpha value is -2.68. The predicted molar refractivity (Wildman–Crippen MR) is 89.1 cm³/mol. The first-order valence-corrected chi connectivity index (χ1v) is 8.36. The average molecular weight is 345 g/mol. The zero-order valence-corrected chi connectivity index (χ0v) is 14.2. The molecule has 0 spiro atoms. The lowest BCUT2D eigenvalue weighted by Gasteiger charge is -2.07. The molecule has 1 amide bonds. The summed E-state index contributed by atoms with van der Waals surface area (Å²) in [6.45, 7) is 3.67. The summed E-state index contributed by atoms with van der Waals surface area (Å²) in [6, 6.07) is 3.04. The summed E-state index contributed by atoms with van der Waals surface area (Å²) in [6.07, 6.45) is 1.81. The van der Waals surface area contributed by atoms with Crippen molar-refractivity contribution < 1.29 is 9.32 Å². The fourth-order valence-electron chi connectivity index (χ4n) is 2.33. The number of carbonyl (C=O) groups excluding carboxylic acids is 1. The Kier molecular flexibility index (Phi) is 4.34. The van der Waals surface area contributed by atoms with Crippen molar-refractivity contribution in [2.24, 2.45) is 0 Å². The van der Waals surface area contributed by atoms with Gasteiger partial charge in [0.1, 0.15) is 0 Å². The maximum Gasteiger partial charge on any atom is 0.258 e. The SMILES string of the molecule is CSc1nc(CNC(=O)c2cc(C)nc3onc(C)c23)cc(=O)[nH]1. The summed E-state index contributed by atoms with van der Waals surface area (Å²) in [7, 11) is 0. The van der Waals surface area contributed by atoms with Crippen molar-refractivity contribution in [2.45, 2.75) is 25.5 Å². The van der Waals surface area contributed by atoms with Crippen molar-refractivity contribution in [3.63, 3.8) is 0 Å². The molecule has 2 N–H and O–H groups in total. The fraction of sp³-hybridized carbons (Fsp3) is 0.267. The quantitative estimate of drug-likeness (QED) is 0.545. The molecule has 0 aliphatic heterocycles. The van der Waals surface area contributed by atoms with Crippen LogP contribution in [-0.4, -0.2) is 32.3 Å². The van der Waals surface area contributed by atoms with Crippen LogP contribution < -0.4 is 10.9 Å². The third kappa shape index (κ3) is 3.16. The van der Waals surface area contributed by atoms with Gasteiger partial charge in [0.25, 0.3) is 17.2 Å². The van der Waals surface area contributed by atoms with E-state index in [9.17, 15) is 9.59 Å². The first-order valence-electron chi connectivity index (χ1n) is 7.14. The van der Waals surface area contributed by atoms with Gasteiger partial charge >= 0.3 is 0 Å². The Morgan fingerprint density at radius 2 is 2.12 bits per heavy atom. The van der Waals surface area contributed by atoms with E-state index in [0.29, 0.717) is 38.9 Å². The second kappa shape index (κ2) is 6.44. The fourth-order valence-corrected chi connectivity index (χ4v) is 2.74. The number of nitrogens with zero attached hydrogens (tertiary/aromatic N) is 3. The molecular formula is C15H15N5O3S. The molecule has 0 aromatic carbocycles. The number of thioether (sulfide) groups is 1. The molecule has 124 valence electrons. The van der Waals surface area contributed by atoms with Gasteiger partial charge in [-0.05, 0) is 26.2 Å². The van der Waals surface area contributed by atoms with Gasteiger partial charge in [0.15, 0.2) is 5.16 Å². The number of hydrogen-bond acceptors (Lipinski definition) is 7. The number of amides is 1. The van der Waals surface area contributed by atoms with Gasteiger partial charge in [0, 0.05) is 11.8 Å². The highest BCUT2D eigenvalue weighted by molar-refractivity contribution is 7.98. The van der Waals surface area contributed by atoms with Crippen molar-refractivity contribution in [1.29, 1.82) is 0 Å². The summed E-state index contributed by atoms with van der Waals surface area (Å²) >= 11 is 1.33. The lowest BCUT2D eigenvalue weighted by Crippen LogP contribution is -2.25. The molecule has 0 aliphatic carbocycles. The molecule has 0 unspecified atom stereocenters. The zero-order chi connectivity index (χ0) is 17.3. The van der Waals surface area contributed by atoms with E-state index < -0.39 is 0 Å². The molecule has 0 bridgehead atoms. The van der Waals surface area contributed by atoms with Crippen molar-refractivity contribution >= 4 is 28.8 Å². The molecule has 3 aromatic rings. The normalized spacial score (nSPS) is 11.0. The number of fused-ring (bicyclic) bond motifs is 1. The number of aromatic amines is 1. The number of aryl methyl sites for hydroxylation is 2. The lowest BCUT2D eigenvalue weighted by molar-refractivity contribution is 0.0951. The van der Waals surface area contributed by atoms with Crippen LogP contribution in [0.3, 0.4) is 0 Å². The van der Waals surface area contributed by atoms with E-state index in [1.165, 1.54) is 17.8 Å². The lowest BCUT2D eigenvalue weighted by atomic mass is 10.1. The molecule has 0 saturated carbocycles. The topological polar surface area (TPSA) is 114 Å². The van der Waals surface area contributed by atoms with Crippen LogP contribution in [0.25, 0.3) is 11.1 Å². The van der Waals surface area contributed by atoms with Gasteiger partial charge in [-0.2, -0.15) is 0 Å². The first-order chi connectivity index (χ1) is 11.5. The molecule has 8 nitrogen and oxygen atoms in total. The van der Waals surface area contributed by atoms with Crippen LogP contribution in [0.4, 0.5) is 0 Å². The van der Waals surface area contributed by atoms with Gasteiger partial charge in [-0.3, -0.25) is 9.59 Å². The molecule has 0 fully saturated rings. The predicted octanol–water partition coefficient (Wildman–Crippen LogP) is 1.57. The second-order valence-electron chi connectivity index (χ2n) is 5.19. The molecule has 0 saturated heterocycles. The van der Waals surface area contributed by atoms with Gasteiger partial charge in [0.05, 0.1) is 28.9 Å². The van der Waals surface area contributed by atoms with Gasteiger partial charge < -0.3 is 14.8 Å². The zero-order valence-electron chi connectivity index (χ0n) is 13.3. The van der Waals surface area contributed by atoms with Crippen molar-refractivity contribution in [3.05, 3.63) is 45.1 Å². The van der Waals surface area contributed by atoms with Crippen molar-refractivity contribution in [1.82, 2.24) is 25.4 Å². The second-order valence-corrected chi connectivity index (χ2v) is 5.98. The number of pyridine rings is 1. The van der Waals surface area contributed by atoms with E-state index in [1.807, 2.05) is 6.26 Å². The summed E-state index contributed by atoms with van der Waals surface area (Å²) in [4.78, 5) is 35.2. The van der Waals surface area contributed by atoms with E-state index in [-0.39, 0.29) is 18.0 Å². The van der Waals surface area contributed by atoms with Crippen molar-refractivity contribution in [3.8, 4) is 0 Å². The highest BCUT2D eigenvalue weighted by Crippen LogP contribution is 2.21. The maximum absolute atomic E-state index is 12.5. The Labute approximate surface area is 141 Å². The molecule has 0 atom stereocenters. The molecular weight excluding hydrogens is 330 g/mol. The molecule has 3 heterocycles. The van der Waals surface area contributed by atoms with Crippen LogP contribution in [-0.2, 0) is 6.54 Å². The number of carbonyl (C=O) groups is 1. The molecule has 3 rings (SSSR count). The molecule has 0 radical (unpaired) electrons. The van der Waals surface area contributed by atoms with Crippen LogP contribution in [0.5, 0.6) is 0 Å². The highest BCUT2D eigenvalue weighted by Gasteiger charge is 2.17. The maximum atomic E-state index is 12.5. The third-order valence-corrected chi connectivity index (χ3v) is 3.97. The van der Waals surface area contributed by atoms with Gasteiger partial charge in [0.2, 0.25) is 0 Å². The average Bonchev–Trinajstić information content (AvgIpc) is 2.92. The van der Waals surface area contributed by atoms with E-state index in [0.717, 1.165) is 0 Å². The first kappa shape index (κ1) is 16.2. The molecule has 24 heavy (non-hydrogen) atoms. The van der Waals surface area contributed by atoms with Gasteiger partial charge in [-0.15, -0.1) is 0 Å². The van der Waals surface area contributed by atoms with Crippen LogP contribution in [0.1, 0.15) is 27.4 Å². The van der Waals surface area contributed by atoms with Gasteiger partial charge in [-0.25, -0.2) is 9.97 Å². The van der Waals surface area contributed by atoms with Crippen LogP contribution in [0.15, 0.2) is 26.6 Å². The summed E-state index contributed by atoms with van der Waals surface area (Å²) < 4.78 is 5.13. The number of aromatic nitrogens is 4. The van der Waals surface area contributed by atoms with E-state index >= 15 is 0 Å². The van der Waals surface area contributed by atoms with Crippen LogP contribution >= 0.6 is 11.8 Å². The smallest absolute Gasteiger partial charge is 0.258 e. The highest BCUT2D eigenvalue weighted by atomic mass is 32.2. The van der Waals surface area contributed by atoms with E-state index in [1.54, 1.807) is 19.9 Å². The van der Waals surface area contributed by atoms with Crippen molar-refractivity contribution in [2.75, 3.05) is 6.26 Å². The number of hydrogen-bond donors (Lipinski definition) is 2. The summed E-state index contributed by atoms with van der Waals surface area (Å²) in [5, 5.41) is 7.71. The summed E-state index contributed by atoms with van der Waals surface area (Å²) in [5.41, 5.74) is 2.25. The monoisotopic (exact) mass is 345 g/mol. The summed E-state index contributed by atoms with van der Waals surface area (Å²) in [5.74, 6) is -0.301.